The number of terminal acetylenes is 1. The molecule has 0 aromatic rings. The smallest absolute Gasteiger partial charge is 0.305 e. The van der Waals surface area contributed by atoms with E-state index in [2.05, 4.69) is 11.2 Å². The number of esters is 3. The first kappa shape index (κ1) is 22.4. The van der Waals surface area contributed by atoms with Crippen LogP contribution in [0, 0.1) is 18.3 Å². The lowest BCUT2D eigenvalue weighted by atomic mass is 9.88. The lowest BCUT2D eigenvalue weighted by molar-refractivity contribution is -0.256. The molecule has 150 valence electrons. The zero-order valence-corrected chi connectivity index (χ0v) is 15.9. The number of ether oxygens (including phenoxy) is 4. The Hall–Kier alpha value is -2.60. The van der Waals surface area contributed by atoms with Crippen molar-refractivity contribution in [1.29, 1.82) is 0 Å². The summed E-state index contributed by atoms with van der Waals surface area (Å²) in [5, 5.41) is 2.71. The number of carbonyl (C=O) groups is 4. The van der Waals surface area contributed by atoms with E-state index in [9.17, 15) is 19.2 Å². The number of hydrogen-bond donors (Lipinski definition) is 1. The highest BCUT2D eigenvalue weighted by Gasteiger charge is 2.48. The van der Waals surface area contributed by atoms with Crippen molar-refractivity contribution in [3.63, 3.8) is 0 Å². The molecule has 2 unspecified atom stereocenters. The molecule has 9 nitrogen and oxygen atoms in total. The fraction of sp³-hybridized carbons (Fsp3) is 0.667. The second kappa shape index (κ2) is 10.5. The summed E-state index contributed by atoms with van der Waals surface area (Å²) in [6.07, 6.45) is 2.66. The molecular formula is C18H25NO8. The zero-order chi connectivity index (χ0) is 20.6. The Morgan fingerprint density at radius 1 is 1.07 bits per heavy atom. The van der Waals surface area contributed by atoms with Crippen LogP contribution in [0.25, 0.3) is 0 Å². The predicted molar refractivity (Wildman–Crippen MR) is 91.8 cm³/mol. The maximum Gasteiger partial charge on any atom is 0.305 e. The first-order valence-corrected chi connectivity index (χ1v) is 8.51. The van der Waals surface area contributed by atoms with Gasteiger partial charge in [0.05, 0.1) is 6.04 Å². The standard InChI is InChI=1S/C18H25NO8/c1-6-7-8-15(23)19-16-10(2)17(25-12(4)21)14(9-24-11(3)20)27-18(16)26-13(5)22/h1,10,14,16-18H,7-9H2,2-5H3,(H,19,23)/t10?,14?,16-,17+,18+/m0/s1. The van der Waals surface area contributed by atoms with Crippen LogP contribution in [0.15, 0.2) is 0 Å². The first-order valence-electron chi connectivity index (χ1n) is 8.51. The van der Waals surface area contributed by atoms with Gasteiger partial charge in [0.1, 0.15) is 18.8 Å². The number of nitrogens with one attached hydrogen (secondary N) is 1. The highest BCUT2D eigenvalue weighted by atomic mass is 16.7. The molecule has 1 aliphatic rings. The van der Waals surface area contributed by atoms with Gasteiger partial charge >= 0.3 is 17.9 Å². The molecule has 0 radical (unpaired) electrons. The maximum atomic E-state index is 12.1. The van der Waals surface area contributed by atoms with Gasteiger partial charge in [0.25, 0.3) is 0 Å². The number of rotatable bonds is 7. The zero-order valence-electron chi connectivity index (χ0n) is 15.9. The third-order valence-corrected chi connectivity index (χ3v) is 3.91. The van der Waals surface area contributed by atoms with E-state index in [1.165, 1.54) is 20.8 Å². The van der Waals surface area contributed by atoms with E-state index in [0.717, 1.165) is 0 Å². The minimum absolute atomic E-state index is 0.0849. The summed E-state index contributed by atoms with van der Waals surface area (Å²) < 4.78 is 21.1. The van der Waals surface area contributed by atoms with Gasteiger partial charge in [0.15, 0.2) is 0 Å². The molecule has 1 heterocycles. The van der Waals surface area contributed by atoms with Gasteiger partial charge in [-0.25, -0.2) is 0 Å². The normalized spacial score (nSPS) is 27.0. The Morgan fingerprint density at radius 2 is 1.70 bits per heavy atom. The molecule has 0 aromatic carbocycles. The fourth-order valence-electron chi connectivity index (χ4n) is 2.74. The van der Waals surface area contributed by atoms with E-state index in [1.54, 1.807) is 6.92 Å². The van der Waals surface area contributed by atoms with E-state index in [1.807, 2.05) is 0 Å². The molecule has 1 aliphatic heterocycles. The van der Waals surface area contributed by atoms with Gasteiger partial charge < -0.3 is 24.3 Å². The van der Waals surface area contributed by atoms with Gasteiger partial charge in [-0.1, -0.05) is 6.92 Å². The van der Waals surface area contributed by atoms with Crippen molar-refractivity contribution < 1.29 is 38.1 Å². The molecule has 1 amide bonds. The van der Waals surface area contributed by atoms with Crippen LogP contribution in [0.2, 0.25) is 0 Å². The topological polar surface area (TPSA) is 117 Å². The molecule has 1 saturated heterocycles. The van der Waals surface area contributed by atoms with Crippen molar-refractivity contribution in [3.8, 4) is 12.3 Å². The third-order valence-electron chi connectivity index (χ3n) is 3.91. The van der Waals surface area contributed by atoms with Gasteiger partial charge in [0.2, 0.25) is 12.2 Å². The number of carbonyl (C=O) groups excluding carboxylic acids is 4. The van der Waals surface area contributed by atoms with Crippen LogP contribution < -0.4 is 5.32 Å². The average Bonchev–Trinajstić information content (AvgIpc) is 2.56. The summed E-state index contributed by atoms with van der Waals surface area (Å²) in [5.41, 5.74) is 0. The maximum absolute atomic E-state index is 12.1. The van der Waals surface area contributed by atoms with Crippen LogP contribution in [0.4, 0.5) is 0 Å². The minimum Gasteiger partial charge on any atom is -0.463 e. The second-order valence-electron chi connectivity index (χ2n) is 6.19. The Bertz CT molecular complexity index is 611. The van der Waals surface area contributed by atoms with Crippen LogP contribution in [-0.2, 0) is 38.1 Å². The summed E-state index contributed by atoms with van der Waals surface area (Å²) in [7, 11) is 0. The van der Waals surface area contributed by atoms with Crippen molar-refractivity contribution in [1.82, 2.24) is 5.32 Å². The van der Waals surface area contributed by atoms with Crippen molar-refractivity contribution in [2.45, 2.75) is 65.1 Å². The highest BCUT2D eigenvalue weighted by molar-refractivity contribution is 5.76. The predicted octanol–water partition coefficient (Wildman–Crippen LogP) is 0.303. The lowest BCUT2D eigenvalue weighted by Gasteiger charge is -2.44. The molecule has 5 atom stereocenters. The van der Waals surface area contributed by atoms with Gasteiger partial charge in [-0.15, -0.1) is 12.3 Å². The van der Waals surface area contributed by atoms with Crippen molar-refractivity contribution in [2.75, 3.05) is 6.61 Å². The summed E-state index contributed by atoms with van der Waals surface area (Å²) >= 11 is 0. The summed E-state index contributed by atoms with van der Waals surface area (Å²) in [5.74, 6) is -0.211. The molecule has 9 heteroatoms. The van der Waals surface area contributed by atoms with Gasteiger partial charge in [-0.3, -0.25) is 19.2 Å². The quantitative estimate of drug-likeness (QED) is 0.379. The highest BCUT2D eigenvalue weighted by Crippen LogP contribution is 2.30. The van der Waals surface area contributed by atoms with Gasteiger partial charge in [-0.2, -0.15) is 0 Å². The SMILES string of the molecule is C#CCCC(=O)N[C@H]1C(C)[C@@H](OC(C)=O)C(COC(C)=O)O[C@H]1OC(C)=O. The Morgan fingerprint density at radius 3 is 2.22 bits per heavy atom. The van der Waals surface area contributed by atoms with E-state index >= 15 is 0 Å². The Balaban J connectivity index is 3.05. The van der Waals surface area contributed by atoms with Gasteiger partial charge in [-0.05, 0) is 0 Å². The van der Waals surface area contributed by atoms with E-state index in [4.69, 9.17) is 25.4 Å². The Kier molecular flexibility index (Phi) is 8.75. The molecule has 0 spiro atoms. The van der Waals surface area contributed by atoms with Crippen LogP contribution in [0.1, 0.15) is 40.5 Å². The van der Waals surface area contributed by atoms with Gasteiger partial charge in [0, 0.05) is 39.5 Å². The average molecular weight is 383 g/mol. The lowest BCUT2D eigenvalue weighted by Crippen LogP contribution is -2.62. The number of amides is 1. The van der Waals surface area contributed by atoms with Crippen molar-refractivity contribution in [2.24, 2.45) is 5.92 Å². The molecule has 0 saturated carbocycles. The van der Waals surface area contributed by atoms with E-state index < -0.39 is 48.4 Å². The number of hydrogen-bond acceptors (Lipinski definition) is 8. The van der Waals surface area contributed by atoms with Crippen LogP contribution >= 0.6 is 0 Å². The van der Waals surface area contributed by atoms with Crippen molar-refractivity contribution in [3.05, 3.63) is 0 Å². The largest absolute Gasteiger partial charge is 0.463 e. The van der Waals surface area contributed by atoms with E-state index in [-0.39, 0.29) is 25.4 Å². The third kappa shape index (κ3) is 7.27. The second-order valence-corrected chi connectivity index (χ2v) is 6.19. The van der Waals surface area contributed by atoms with Crippen LogP contribution in [0.5, 0.6) is 0 Å². The molecule has 1 N–H and O–H groups in total. The van der Waals surface area contributed by atoms with E-state index in [0.29, 0.717) is 0 Å². The fourth-order valence-corrected chi connectivity index (χ4v) is 2.74. The molecular weight excluding hydrogens is 358 g/mol. The summed E-state index contributed by atoms with van der Waals surface area (Å²) in [4.78, 5) is 46.1. The van der Waals surface area contributed by atoms with Crippen LogP contribution in [-0.4, -0.2) is 55.0 Å². The Labute approximate surface area is 158 Å². The molecule has 0 bridgehead atoms. The summed E-state index contributed by atoms with van der Waals surface area (Å²) in [6.45, 7) is 5.16. The molecule has 27 heavy (non-hydrogen) atoms. The molecule has 1 rings (SSSR count). The molecule has 0 aromatic heterocycles. The summed E-state index contributed by atoms with van der Waals surface area (Å²) in [6, 6.07) is -0.780. The van der Waals surface area contributed by atoms with Crippen molar-refractivity contribution >= 4 is 23.8 Å². The first-order chi connectivity index (χ1) is 12.6. The molecule has 0 aliphatic carbocycles. The monoisotopic (exact) mass is 383 g/mol. The van der Waals surface area contributed by atoms with Crippen LogP contribution in [0.3, 0.4) is 0 Å². The minimum atomic E-state index is -1.14. The molecule has 1 fully saturated rings.